The van der Waals surface area contributed by atoms with E-state index < -0.39 is 0 Å². The molecule has 3 aromatic heterocycles. The average Bonchev–Trinajstić information content (AvgIpc) is 3.33. The number of hydrogen-bond acceptors (Lipinski definition) is 7. The third kappa shape index (κ3) is 2.71. The van der Waals surface area contributed by atoms with E-state index in [0.717, 1.165) is 27.5 Å². The van der Waals surface area contributed by atoms with Gasteiger partial charge in [0.2, 0.25) is 5.82 Å². The first-order valence-corrected chi connectivity index (χ1v) is 8.25. The minimum Gasteiger partial charge on any atom is -0.461 e. The predicted molar refractivity (Wildman–Crippen MR) is 89.3 cm³/mol. The van der Waals surface area contributed by atoms with Crippen molar-refractivity contribution in [2.24, 2.45) is 0 Å². The molecule has 1 aromatic carbocycles. The molecule has 3 heterocycles. The molecule has 0 unspecified atom stereocenters. The van der Waals surface area contributed by atoms with Crippen LogP contribution < -0.4 is 0 Å². The largest absolute Gasteiger partial charge is 0.461 e. The van der Waals surface area contributed by atoms with Gasteiger partial charge in [-0.1, -0.05) is 23.9 Å². The van der Waals surface area contributed by atoms with E-state index in [1.165, 1.54) is 0 Å². The maximum Gasteiger partial charge on any atom is 0.200 e. The summed E-state index contributed by atoms with van der Waals surface area (Å²) in [5, 5.41) is 17.0. The highest BCUT2D eigenvalue weighted by atomic mass is 32.2. The molecule has 0 aliphatic rings. The topological polar surface area (TPSA) is 82.8 Å². The molecule has 8 heteroatoms. The Kier molecular flexibility index (Phi) is 3.87. The van der Waals surface area contributed by atoms with Crippen LogP contribution in [0, 0.1) is 0 Å². The fourth-order valence-electron chi connectivity index (χ4n) is 2.34. The number of rotatable bonds is 6. The standard InChI is InChI=1S/C16H13N5O2S/c1-2-7-21-15(14-4-3-8-22-14)17-18-16(21)24-10-11-5-6-12-13(9-11)20-23-19-12/h2-6,8-9H,1,7,10H2. The number of benzene rings is 1. The number of thioether (sulfide) groups is 1. The molecule has 4 aromatic rings. The van der Waals surface area contributed by atoms with Crippen molar-refractivity contribution in [3.63, 3.8) is 0 Å². The summed E-state index contributed by atoms with van der Waals surface area (Å²) in [4.78, 5) is 0. The van der Waals surface area contributed by atoms with E-state index in [0.29, 0.717) is 18.1 Å². The molecule has 0 spiro atoms. The summed E-state index contributed by atoms with van der Waals surface area (Å²) >= 11 is 1.59. The van der Waals surface area contributed by atoms with Crippen LogP contribution in [-0.4, -0.2) is 25.1 Å². The summed E-state index contributed by atoms with van der Waals surface area (Å²) in [5.74, 6) is 2.11. The molecule has 0 saturated heterocycles. The van der Waals surface area contributed by atoms with Crippen LogP contribution in [0.15, 0.2) is 63.5 Å². The molecule has 0 radical (unpaired) electrons. The van der Waals surface area contributed by atoms with E-state index in [-0.39, 0.29) is 0 Å². The quantitative estimate of drug-likeness (QED) is 0.392. The minimum atomic E-state index is 0.609. The molecule has 0 fully saturated rings. The summed E-state index contributed by atoms with van der Waals surface area (Å²) in [6.45, 7) is 4.41. The van der Waals surface area contributed by atoms with Crippen molar-refractivity contribution >= 4 is 22.8 Å². The van der Waals surface area contributed by atoms with Crippen molar-refractivity contribution in [2.75, 3.05) is 0 Å². The highest BCUT2D eigenvalue weighted by Gasteiger charge is 2.15. The summed E-state index contributed by atoms with van der Waals surface area (Å²) in [5.41, 5.74) is 2.60. The van der Waals surface area contributed by atoms with Crippen molar-refractivity contribution in [1.82, 2.24) is 25.1 Å². The molecule has 0 bridgehead atoms. The third-order valence-corrected chi connectivity index (χ3v) is 4.49. The number of furan rings is 1. The van der Waals surface area contributed by atoms with Crippen LogP contribution >= 0.6 is 11.8 Å². The molecule has 0 aliphatic carbocycles. The first kappa shape index (κ1) is 14.7. The van der Waals surface area contributed by atoms with Crippen LogP contribution in [0.25, 0.3) is 22.6 Å². The van der Waals surface area contributed by atoms with Gasteiger partial charge in [-0.2, -0.15) is 0 Å². The predicted octanol–water partition coefficient (Wildman–Crippen LogP) is 3.55. The van der Waals surface area contributed by atoms with Crippen molar-refractivity contribution in [3.05, 3.63) is 54.8 Å². The Morgan fingerprint density at radius 1 is 1.17 bits per heavy atom. The molecular formula is C16H13N5O2S. The first-order valence-electron chi connectivity index (χ1n) is 7.27. The van der Waals surface area contributed by atoms with Gasteiger partial charge in [-0.25, -0.2) is 4.63 Å². The molecule has 0 N–H and O–H groups in total. The van der Waals surface area contributed by atoms with Gasteiger partial charge in [0.15, 0.2) is 10.9 Å². The van der Waals surface area contributed by atoms with Crippen molar-refractivity contribution in [3.8, 4) is 11.6 Å². The molecule has 0 saturated carbocycles. The molecular weight excluding hydrogens is 326 g/mol. The van der Waals surface area contributed by atoms with Gasteiger partial charge in [-0.3, -0.25) is 4.57 Å². The minimum absolute atomic E-state index is 0.609. The van der Waals surface area contributed by atoms with E-state index in [4.69, 9.17) is 9.05 Å². The maximum absolute atomic E-state index is 5.43. The number of allylic oxidation sites excluding steroid dienone is 1. The molecule has 0 atom stereocenters. The summed E-state index contributed by atoms with van der Waals surface area (Å²) in [6.07, 6.45) is 3.43. The van der Waals surface area contributed by atoms with Crippen LogP contribution in [-0.2, 0) is 12.3 Å². The maximum atomic E-state index is 5.43. The van der Waals surface area contributed by atoms with Crippen LogP contribution in [0.3, 0.4) is 0 Å². The van der Waals surface area contributed by atoms with Gasteiger partial charge < -0.3 is 4.42 Å². The molecule has 120 valence electrons. The van der Waals surface area contributed by atoms with Gasteiger partial charge in [-0.05, 0) is 40.1 Å². The number of nitrogens with zero attached hydrogens (tertiary/aromatic N) is 5. The van der Waals surface area contributed by atoms with Gasteiger partial charge in [0.25, 0.3) is 0 Å². The Labute approximate surface area is 141 Å². The highest BCUT2D eigenvalue weighted by molar-refractivity contribution is 7.98. The van der Waals surface area contributed by atoms with E-state index in [9.17, 15) is 0 Å². The second-order valence-electron chi connectivity index (χ2n) is 5.06. The van der Waals surface area contributed by atoms with Gasteiger partial charge in [0, 0.05) is 12.3 Å². The highest BCUT2D eigenvalue weighted by Crippen LogP contribution is 2.27. The first-order chi connectivity index (χ1) is 11.8. The van der Waals surface area contributed by atoms with Gasteiger partial charge in [0.05, 0.1) is 6.26 Å². The lowest BCUT2D eigenvalue weighted by Gasteiger charge is -2.06. The Morgan fingerprint density at radius 2 is 2.08 bits per heavy atom. The monoisotopic (exact) mass is 339 g/mol. The second-order valence-corrected chi connectivity index (χ2v) is 6.00. The van der Waals surface area contributed by atoms with Gasteiger partial charge in [-0.15, -0.1) is 16.8 Å². The molecule has 24 heavy (non-hydrogen) atoms. The Morgan fingerprint density at radius 3 is 2.92 bits per heavy atom. The third-order valence-electron chi connectivity index (χ3n) is 3.46. The zero-order valence-electron chi connectivity index (χ0n) is 12.6. The Balaban J connectivity index is 1.58. The second kappa shape index (κ2) is 6.32. The van der Waals surface area contributed by atoms with Crippen molar-refractivity contribution in [1.29, 1.82) is 0 Å². The molecule has 4 rings (SSSR count). The van der Waals surface area contributed by atoms with E-state index in [1.807, 2.05) is 41.0 Å². The summed E-state index contributed by atoms with van der Waals surface area (Å²) in [6, 6.07) is 9.55. The van der Waals surface area contributed by atoms with Crippen LogP contribution in [0.2, 0.25) is 0 Å². The number of aromatic nitrogens is 5. The Bertz CT molecular complexity index is 974. The lowest BCUT2D eigenvalue weighted by atomic mass is 10.2. The zero-order valence-corrected chi connectivity index (χ0v) is 13.4. The van der Waals surface area contributed by atoms with E-state index in [2.05, 4.69) is 27.1 Å². The molecule has 0 aliphatic heterocycles. The molecule has 7 nitrogen and oxygen atoms in total. The Hall–Kier alpha value is -2.87. The normalized spacial score (nSPS) is 11.2. The van der Waals surface area contributed by atoms with E-state index >= 15 is 0 Å². The van der Waals surface area contributed by atoms with Gasteiger partial charge in [0.1, 0.15) is 11.0 Å². The van der Waals surface area contributed by atoms with Crippen LogP contribution in [0.5, 0.6) is 0 Å². The van der Waals surface area contributed by atoms with Gasteiger partial charge >= 0.3 is 0 Å². The number of fused-ring (bicyclic) bond motifs is 1. The van der Waals surface area contributed by atoms with E-state index in [1.54, 1.807) is 18.0 Å². The smallest absolute Gasteiger partial charge is 0.200 e. The fraction of sp³-hybridized carbons (Fsp3) is 0.125. The zero-order chi connectivity index (χ0) is 16.4. The lowest BCUT2D eigenvalue weighted by Crippen LogP contribution is -2.00. The van der Waals surface area contributed by atoms with Crippen LogP contribution in [0.1, 0.15) is 5.56 Å². The lowest BCUT2D eigenvalue weighted by molar-refractivity contribution is 0.315. The summed E-state index contributed by atoms with van der Waals surface area (Å²) < 4.78 is 12.1. The molecule has 0 amide bonds. The fourth-order valence-corrected chi connectivity index (χ4v) is 3.23. The van der Waals surface area contributed by atoms with Crippen molar-refractivity contribution < 1.29 is 9.05 Å². The number of hydrogen-bond donors (Lipinski definition) is 0. The van der Waals surface area contributed by atoms with Crippen LogP contribution in [0.4, 0.5) is 0 Å². The SMILES string of the molecule is C=CCn1c(SCc2ccc3nonc3c2)nnc1-c1ccco1. The average molecular weight is 339 g/mol. The van der Waals surface area contributed by atoms with Crippen molar-refractivity contribution in [2.45, 2.75) is 17.5 Å². The summed E-state index contributed by atoms with van der Waals surface area (Å²) in [7, 11) is 0.